The maximum absolute atomic E-state index is 13.5. The summed E-state index contributed by atoms with van der Waals surface area (Å²) in [5, 5.41) is 12.2. The van der Waals surface area contributed by atoms with Gasteiger partial charge in [0.15, 0.2) is 0 Å². The third kappa shape index (κ3) is 4.42. The van der Waals surface area contributed by atoms with Crippen LogP contribution in [0.4, 0.5) is 17.6 Å². The number of alkyl halides is 4. The molecule has 2 N–H and O–H groups in total. The molecule has 1 aromatic heterocycles. The lowest BCUT2D eigenvalue weighted by molar-refractivity contribution is -0.0651. The summed E-state index contributed by atoms with van der Waals surface area (Å²) < 4.78 is 75.9. The van der Waals surface area contributed by atoms with E-state index >= 15 is 0 Å². The van der Waals surface area contributed by atoms with Crippen molar-refractivity contribution < 1.29 is 31.1 Å². The quantitative estimate of drug-likeness (QED) is 0.584. The van der Waals surface area contributed by atoms with E-state index in [2.05, 4.69) is 15.2 Å². The topological polar surface area (TPSA) is 95.9 Å². The second-order valence-corrected chi connectivity index (χ2v) is 9.15. The van der Waals surface area contributed by atoms with E-state index in [1.807, 2.05) is 0 Å². The summed E-state index contributed by atoms with van der Waals surface area (Å²) in [4.78, 5) is 3.82. The van der Waals surface area contributed by atoms with E-state index in [9.17, 15) is 31.1 Å². The molecular weight excluding hydrogens is 449 g/mol. The van der Waals surface area contributed by atoms with Gasteiger partial charge in [0.25, 0.3) is 0 Å². The Morgan fingerprint density at radius 2 is 1.93 bits per heavy atom. The minimum absolute atomic E-state index is 0.0296. The number of nitrogens with zero attached hydrogens (tertiary/aromatic N) is 2. The number of sulfone groups is 1. The molecule has 0 saturated heterocycles. The van der Waals surface area contributed by atoms with Gasteiger partial charge in [-0.25, -0.2) is 22.2 Å². The van der Waals surface area contributed by atoms with Crippen molar-refractivity contribution in [3.05, 3.63) is 46.0 Å². The summed E-state index contributed by atoms with van der Waals surface area (Å²) in [5.41, 5.74) is -2.19. The summed E-state index contributed by atoms with van der Waals surface area (Å²) in [7, 11) is -5.61. The van der Waals surface area contributed by atoms with Crippen molar-refractivity contribution in [2.45, 2.75) is 30.6 Å². The normalized spacial score (nSPS) is 16.2. The average molecular weight is 464 g/mol. The van der Waals surface area contributed by atoms with Gasteiger partial charge in [0, 0.05) is 27.9 Å². The molecule has 0 aliphatic heterocycles. The molecule has 28 heavy (non-hydrogen) atoms. The van der Waals surface area contributed by atoms with Crippen molar-refractivity contribution in [3.63, 3.8) is 0 Å². The summed E-state index contributed by atoms with van der Waals surface area (Å²) in [6.07, 6.45) is -3.69. The molecule has 0 radical (unpaired) electrons. The van der Waals surface area contributed by atoms with Crippen molar-refractivity contribution in [2.24, 2.45) is 5.92 Å². The van der Waals surface area contributed by atoms with E-state index in [1.165, 1.54) is 18.2 Å². The lowest BCUT2D eigenvalue weighted by atomic mass is 9.80. The van der Waals surface area contributed by atoms with Crippen LogP contribution >= 0.6 is 23.2 Å². The van der Waals surface area contributed by atoms with Crippen molar-refractivity contribution in [1.82, 2.24) is 15.2 Å². The number of H-pyrrole nitrogens is 1. The van der Waals surface area contributed by atoms with Crippen LogP contribution in [0.3, 0.4) is 0 Å². The molecule has 2 unspecified atom stereocenters. The Balaban J connectivity index is 2.49. The summed E-state index contributed by atoms with van der Waals surface area (Å²) in [6.45, 7) is 1.13. The number of rotatable bonds is 8. The van der Waals surface area contributed by atoms with E-state index in [0.717, 1.165) is 13.3 Å². The van der Waals surface area contributed by atoms with Crippen LogP contribution in [0.2, 0.25) is 10.0 Å². The van der Waals surface area contributed by atoms with Crippen LogP contribution in [-0.4, -0.2) is 46.1 Å². The number of hydrogen-bond donors (Lipinski definition) is 2. The number of aliphatic hydroxyl groups is 1. The van der Waals surface area contributed by atoms with Crippen LogP contribution in [-0.2, 0) is 21.9 Å². The predicted molar refractivity (Wildman–Crippen MR) is 94.3 cm³/mol. The molecule has 0 fully saturated rings. The monoisotopic (exact) mass is 463 g/mol. The molecule has 2 rings (SSSR count). The van der Waals surface area contributed by atoms with E-state index in [0.29, 0.717) is 0 Å². The zero-order chi connectivity index (χ0) is 21.3. The molecule has 2 aromatic rings. The first-order chi connectivity index (χ1) is 12.8. The predicted octanol–water partition coefficient (Wildman–Crippen LogP) is 3.45. The first kappa shape index (κ1) is 22.9. The third-order valence-electron chi connectivity index (χ3n) is 4.25. The standard InChI is InChI=1S/C15H15Cl2F4N3O3S/c1-8(6-28(26,27)15(20,21)13(18)19)14(25,5-12-22-7-23-24-12)10-3-2-9(16)4-11(10)17/h2-4,7-8,13,25H,5-6H2,1H3,(H,22,23,24). The molecule has 0 amide bonds. The number of halogens is 6. The SMILES string of the molecule is CC(CS(=O)(=O)C(F)(F)C(F)F)C(O)(Cc1ncn[nH]1)c1ccc(Cl)cc1Cl. The Kier molecular flexibility index (Phi) is 6.64. The molecule has 13 heteroatoms. The van der Waals surface area contributed by atoms with Gasteiger partial charge in [0.05, 0.1) is 5.75 Å². The van der Waals surface area contributed by atoms with Gasteiger partial charge in [0.2, 0.25) is 9.84 Å². The molecule has 2 atom stereocenters. The van der Waals surface area contributed by atoms with E-state index < -0.39 is 45.2 Å². The fourth-order valence-electron chi connectivity index (χ4n) is 2.66. The lowest BCUT2D eigenvalue weighted by Crippen LogP contribution is -2.45. The summed E-state index contributed by atoms with van der Waals surface area (Å²) in [5.74, 6) is -2.82. The Bertz CT molecular complexity index is 929. The Hall–Kier alpha value is -1.43. The first-order valence-corrected chi connectivity index (χ1v) is 10.1. The minimum atomic E-state index is -5.61. The fraction of sp³-hybridized carbons (Fsp3) is 0.467. The van der Waals surface area contributed by atoms with Crippen LogP contribution in [0.1, 0.15) is 18.3 Å². The molecule has 156 valence electrons. The zero-order valence-electron chi connectivity index (χ0n) is 14.2. The molecule has 0 saturated carbocycles. The minimum Gasteiger partial charge on any atom is -0.384 e. The van der Waals surface area contributed by atoms with Gasteiger partial charge in [-0.15, -0.1) is 0 Å². The summed E-state index contributed by atoms with van der Waals surface area (Å²) >= 11 is 11.9. The molecule has 0 bridgehead atoms. The van der Waals surface area contributed by atoms with Gasteiger partial charge in [-0.2, -0.15) is 13.9 Å². The maximum Gasteiger partial charge on any atom is 0.404 e. The van der Waals surface area contributed by atoms with Crippen molar-refractivity contribution in [1.29, 1.82) is 0 Å². The van der Waals surface area contributed by atoms with Crippen molar-refractivity contribution >= 4 is 33.0 Å². The van der Waals surface area contributed by atoms with Gasteiger partial charge in [0.1, 0.15) is 17.8 Å². The van der Waals surface area contributed by atoms with Gasteiger partial charge in [-0.1, -0.05) is 36.2 Å². The van der Waals surface area contributed by atoms with Gasteiger partial charge < -0.3 is 5.11 Å². The highest BCUT2D eigenvalue weighted by molar-refractivity contribution is 7.92. The first-order valence-electron chi connectivity index (χ1n) is 7.71. The molecule has 1 aromatic carbocycles. The largest absolute Gasteiger partial charge is 0.404 e. The highest BCUT2D eigenvalue weighted by atomic mass is 35.5. The molecule has 0 aliphatic rings. The number of hydrogen-bond acceptors (Lipinski definition) is 5. The van der Waals surface area contributed by atoms with Crippen LogP contribution in [0.15, 0.2) is 24.5 Å². The molecule has 6 nitrogen and oxygen atoms in total. The number of aromatic amines is 1. The summed E-state index contributed by atoms with van der Waals surface area (Å²) in [6, 6.07) is 3.90. The maximum atomic E-state index is 13.5. The second kappa shape index (κ2) is 8.13. The highest BCUT2D eigenvalue weighted by Gasteiger charge is 2.55. The Morgan fingerprint density at radius 1 is 1.29 bits per heavy atom. The molecular formula is C15H15Cl2F4N3O3S. The molecule has 0 aliphatic carbocycles. The lowest BCUT2D eigenvalue weighted by Gasteiger charge is -2.35. The van der Waals surface area contributed by atoms with Crippen molar-refractivity contribution in [2.75, 3.05) is 5.75 Å². The van der Waals surface area contributed by atoms with E-state index in [4.69, 9.17) is 23.2 Å². The van der Waals surface area contributed by atoms with E-state index in [1.54, 1.807) is 0 Å². The van der Waals surface area contributed by atoms with Crippen LogP contribution in [0.25, 0.3) is 0 Å². The third-order valence-corrected chi connectivity index (χ3v) is 6.75. The van der Waals surface area contributed by atoms with Crippen LogP contribution in [0, 0.1) is 5.92 Å². The van der Waals surface area contributed by atoms with Gasteiger partial charge in [-0.3, -0.25) is 5.10 Å². The molecule has 1 heterocycles. The number of nitrogens with one attached hydrogen (secondary N) is 1. The number of aromatic nitrogens is 3. The smallest absolute Gasteiger partial charge is 0.384 e. The fourth-order valence-corrected chi connectivity index (χ4v) is 4.66. The van der Waals surface area contributed by atoms with Crippen LogP contribution < -0.4 is 0 Å². The van der Waals surface area contributed by atoms with Crippen molar-refractivity contribution in [3.8, 4) is 0 Å². The average Bonchev–Trinajstić information content (AvgIpc) is 3.06. The van der Waals surface area contributed by atoms with E-state index in [-0.39, 0.29) is 21.4 Å². The molecule has 0 spiro atoms. The van der Waals surface area contributed by atoms with Gasteiger partial charge >= 0.3 is 11.7 Å². The Morgan fingerprint density at radius 3 is 2.43 bits per heavy atom. The number of benzene rings is 1. The highest BCUT2D eigenvalue weighted by Crippen LogP contribution is 2.40. The Labute approximate surface area is 167 Å². The van der Waals surface area contributed by atoms with Crippen LogP contribution in [0.5, 0.6) is 0 Å². The zero-order valence-corrected chi connectivity index (χ0v) is 16.5. The van der Waals surface area contributed by atoms with Gasteiger partial charge in [-0.05, 0) is 12.1 Å². The second-order valence-electron chi connectivity index (χ2n) is 6.20.